The van der Waals surface area contributed by atoms with Crippen LogP contribution < -0.4 is 5.32 Å². The van der Waals surface area contributed by atoms with Gasteiger partial charge in [0.15, 0.2) is 0 Å². The molecule has 1 N–H and O–H groups in total. The van der Waals surface area contributed by atoms with Gasteiger partial charge in [0.1, 0.15) is 0 Å². The largest absolute Gasteiger partial charge is 0.308 e. The van der Waals surface area contributed by atoms with Gasteiger partial charge in [0, 0.05) is 22.6 Å². The lowest BCUT2D eigenvalue weighted by atomic mass is 10.2. The Bertz CT molecular complexity index is 578. The topological polar surface area (TPSA) is 42.7 Å². The highest BCUT2D eigenvalue weighted by Gasteiger charge is 2.20. The van der Waals surface area contributed by atoms with Crippen molar-refractivity contribution < 1.29 is 0 Å². The van der Waals surface area contributed by atoms with Gasteiger partial charge in [-0.2, -0.15) is 0 Å². The van der Waals surface area contributed by atoms with Gasteiger partial charge in [-0.05, 0) is 36.6 Å². The van der Waals surface area contributed by atoms with Crippen molar-refractivity contribution in [3.8, 4) is 0 Å². The molecule has 1 fully saturated rings. The molecule has 0 spiro atoms. The van der Waals surface area contributed by atoms with Crippen LogP contribution in [-0.4, -0.2) is 21.0 Å². The molecule has 0 amide bonds. The number of hydrogen-bond donors (Lipinski definition) is 1. The summed E-state index contributed by atoms with van der Waals surface area (Å²) in [6, 6.07) is 6.10. The summed E-state index contributed by atoms with van der Waals surface area (Å²) in [6.45, 7) is 1.35. The lowest BCUT2D eigenvalue weighted by Crippen LogP contribution is -2.15. The smallest absolute Gasteiger partial charge is 0.0965 e. The molecule has 6 heteroatoms. The second kappa shape index (κ2) is 5.49. The molecule has 1 saturated carbocycles. The third-order valence-corrected chi connectivity index (χ3v) is 3.68. The monoisotopic (exact) mass is 296 g/mol. The summed E-state index contributed by atoms with van der Waals surface area (Å²) in [5.74, 6) is 0. The maximum absolute atomic E-state index is 6.13. The van der Waals surface area contributed by atoms with Gasteiger partial charge in [-0.25, -0.2) is 4.68 Å². The van der Waals surface area contributed by atoms with E-state index in [2.05, 4.69) is 15.6 Å². The van der Waals surface area contributed by atoms with Crippen LogP contribution in [0.1, 0.15) is 24.1 Å². The molecule has 1 aromatic carbocycles. The minimum absolute atomic E-state index is 0.579. The first-order valence-corrected chi connectivity index (χ1v) is 7.02. The Morgan fingerprint density at radius 2 is 2.16 bits per heavy atom. The van der Waals surface area contributed by atoms with Crippen molar-refractivity contribution in [2.45, 2.75) is 32.0 Å². The van der Waals surface area contributed by atoms with Crippen molar-refractivity contribution in [3.05, 3.63) is 45.7 Å². The van der Waals surface area contributed by atoms with Gasteiger partial charge in [0.05, 0.1) is 18.4 Å². The zero-order valence-corrected chi connectivity index (χ0v) is 11.8. The molecule has 1 aliphatic rings. The third kappa shape index (κ3) is 3.47. The Balaban J connectivity index is 1.66. The maximum atomic E-state index is 6.13. The average molecular weight is 297 g/mol. The molecule has 0 saturated heterocycles. The van der Waals surface area contributed by atoms with Crippen LogP contribution >= 0.6 is 23.2 Å². The zero-order valence-electron chi connectivity index (χ0n) is 10.3. The minimum Gasteiger partial charge on any atom is -0.308 e. The normalized spacial score (nSPS) is 14.8. The first-order valence-electron chi connectivity index (χ1n) is 6.27. The van der Waals surface area contributed by atoms with Crippen molar-refractivity contribution in [2.24, 2.45) is 0 Å². The van der Waals surface area contributed by atoms with Gasteiger partial charge >= 0.3 is 0 Å². The molecule has 4 nitrogen and oxygen atoms in total. The van der Waals surface area contributed by atoms with E-state index in [-0.39, 0.29) is 0 Å². The minimum atomic E-state index is 0.579. The van der Waals surface area contributed by atoms with Crippen molar-refractivity contribution in [2.75, 3.05) is 0 Å². The molecule has 1 aliphatic carbocycles. The fourth-order valence-electron chi connectivity index (χ4n) is 1.87. The number of benzene rings is 1. The van der Waals surface area contributed by atoms with Gasteiger partial charge < -0.3 is 5.32 Å². The summed E-state index contributed by atoms with van der Waals surface area (Å²) in [7, 11) is 0. The Kier molecular flexibility index (Phi) is 3.73. The van der Waals surface area contributed by atoms with Gasteiger partial charge in [-0.1, -0.05) is 28.4 Å². The summed E-state index contributed by atoms with van der Waals surface area (Å²) in [5.41, 5.74) is 1.89. The molecule has 0 atom stereocenters. The van der Waals surface area contributed by atoms with Gasteiger partial charge in [0.25, 0.3) is 0 Å². The highest BCUT2D eigenvalue weighted by molar-refractivity contribution is 6.33. The second-order valence-electron chi connectivity index (χ2n) is 4.80. The predicted molar refractivity (Wildman–Crippen MR) is 75.4 cm³/mol. The fourth-order valence-corrected chi connectivity index (χ4v) is 2.24. The van der Waals surface area contributed by atoms with Crippen LogP contribution in [0.3, 0.4) is 0 Å². The van der Waals surface area contributed by atoms with Crippen molar-refractivity contribution >= 4 is 23.2 Å². The zero-order chi connectivity index (χ0) is 13.2. The van der Waals surface area contributed by atoms with E-state index >= 15 is 0 Å². The molecule has 1 heterocycles. The average Bonchev–Trinajstić information content (AvgIpc) is 3.12. The maximum Gasteiger partial charge on any atom is 0.0965 e. The van der Waals surface area contributed by atoms with Crippen LogP contribution in [0.25, 0.3) is 0 Å². The summed E-state index contributed by atoms with van der Waals surface area (Å²) in [4.78, 5) is 0. The van der Waals surface area contributed by atoms with E-state index in [1.54, 1.807) is 16.8 Å². The third-order valence-electron chi connectivity index (χ3n) is 3.08. The Labute approximate surface area is 121 Å². The summed E-state index contributed by atoms with van der Waals surface area (Å²) in [5, 5.41) is 13.0. The molecule has 3 rings (SSSR count). The number of nitrogens with one attached hydrogen (secondary N) is 1. The van der Waals surface area contributed by atoms with Crippen LogP contribution in [-0.2, 0) is 13.1 Å². The summed E-state index contributed by atoms with van der Waals surface area (Å²) < 4.78 is 1.78. The highest BCUT2D eigenvalue weighted by Crippen LogP contribution is 2.21. The number of rotatable bonds is 5. The van der Waals surface area contributed by atoms with E-state index < -0.39 is 0 Å². The van der Waals surface area contributed by atoms with Gasteiger partial charge in [-0.3, -0.25) is 0 Å². The lowest BCUT2D eigenvalue weighted by molar-refractivity contribution is 0.646. The first kappa shape index (κ1) is 12.9. The van der Waals surface area contributed by atoms with Crippen LogP contribution in [0.5, 0.6) is 0 Å². The summed E-state index contributed by atoms with van der Waals surface area (Å²) >= 11 is 12.1. The molecule has 100 valence electrons. The molecule has 0 unspecified atom stereocenters. The first-order chi connectivity index (χ1) is 9.20. The van der Waals surface area contributed by atoms with E-state index in [9.17, 15) is 0 Å². The standard InChI is InChI=1S/C13H14Cl2N4/c14-10-1-4-13(15)9(5-10)7-19-8-12(17-18-19)6-16-11-2-3-11/h1,4-5,8,11,16H,2-3,6-7H2. The van der Waals surface area contributed by atoms with Crippen LogP contribution in [0.15, 0.2) is 24.4 Å². The van der Waals surface area contributed by atoms with Gasteiger partial charge in [0.2, 0.25) is 0 Å². The molecule has 1 aromatic heterocycles. The van der Waals surface area contributed by atoms with Crippen molar-refractivity contribution in [1.82, 2.24) is 20.3 Å². The molecule has 19 heavy (non-hydrogen) atoms. The Morgan fingerprint density at radius 1 is 1.32 bits per heavy atom. The second-order valence-corrected chi connectivity index (χ2v) is 5.64. The van der Waals surface area contributed by atoms with Crippen LogP contribution in [0.4, 0.5) is 0 Å². The lowest BCUT2D eigenvalue weighted by Gasteiger charge is -2.04. The van der Waals surface area contributed by atoms with E-state index in [1.165, 1.54) is 12.8 Å². The van der Waals surface area contributed by atoms with Gasteiger partial charge in [-0.15, -0.1) is 5.10 Å². The predicted octanol–water partition coefficient (Wildman–Crippen LogP) is 2.89. The Morgan fingerprint density at radius 3 is 2.95 bits per heavy atom. The number of hydrogen-bond acceptors (Lipinski definition) is 3. The quantitative estimate of drug-likeness (QED) is 0.922. The number of halogens is 2. The van der Waals surface area contributed by atoms with E-state index in [0.717, 1.165) is 17.8 Å². The summed E-state index contributed by atoms with van der Waals surface area (Å²) in [6.07, 6.45) is 4.48. The molecule has 2 aromatic rings. The SMILES string of the molecule is Clc1ccc(Cl)c(Cn2cc(CNC3CC3)nn2)c1. The van der Waals surface area contributed by atoms with E-state index in [1.807, 2.05) is 12.3 Å². The molecule has 0 bridgehead atoms. The number of aromatic nitrogens is 3. The molecule has 0 radical (unpaired) electrons. The van der Waals surface area contributed by atoms with Crippen LogP contribution in [0.2, 0.25) is 10.0 Å². The molecular formula is C13H14Cl2N4. The highest BCUT2D eigenvalue weighted by atomic mass is 35.5. The van der Waals surface area contributed by atoms with Crippen LogP contribution in [0, 0.1) is 0 Å². The molecule has 0 aliphatic heterocycles. The number of nitrogens with zero attached hydrogens (tertiary/aromatic N) is 3. The fraction of sp³-hybridized carbons (Fsp3) is 0.385. The Hall–Kier alpha value is -1.10. The van der Waals surface area contributed by atoms with Crippen molar-refractivity contribution in [3.63, 3.8) is 0 Å². The van der Waals surface area contributed by atoms with E-state index in [4.69, 9.17) is 23.2 Å². The van der Waals surface area contributed by atoms with E-state index in [0.29, 0.717) is 22.6 Å². The van der Waals surface area contributed by atoms with Crippen molar-refractivity contribution in [1.29, 1.82) is 0 Å². The molecular weight excluding hydrogens is 283 g/mol.